The van der Waals surface area contributed by atoms with Crippen LogP contribution in [0.5, 0.6) is 11.5 Å². The summed E-state index contributed by atoms with van der Waals surface area (Å²) >= 11 is 0. The van der Waals surface area contributed by atoms with Gasteiger partial charge in [-0.3, -0.25) is 9.59 Å². The van der Waals surface area contributed by atoms with Crippen molar-refractivity contribution in [3.63, 3.8) is 0 Å². The second-order valence-electron chi connectivity index (χ2n) is 6.34. The number of fused-ring (bicyclic) bond motifs is 1. The average Bonchev–Trinajstić information content (AvgIpc) is 3.08. The van der Waals surface area contributed by atoms with Gasteiger partial charge in [0.2, 0.25) is 6.79 Å². The Balaban J connectivity index is 1.46. The lowest BCUT2D eigenvalue weighted by Crippen LogP contribution is -2.32. The van der Waals surface area contributed by atoms with Crippen molar-refractivity contribution >= 4 is 11.9 Å². The summed E-state index contributed by atoms with van der Waals surface area (Å²) in [6, 6.07) is 5.34. The molecule has 1 amide bonds. The molecule has 1 aromatic rings. The van der Waals surface area contributed by atoms with Crippen LogP contribution in [0.3, 0.4) is 0 Å². The molecular formula is C18H23NO5. The quantitative estimate of drug-likeness (QED) is 0.839. The van der Waals surface area contributed by atoms with E-state index in [9.17, 15) is 9.59 Å². The molecule has 1 aliphatic heterocycles. The lowest BCUT2D eigenvalue weighted by molar-refractivity contribution is -0.153. The zero-order valence-electron chi connectivity index (χ0n) is 13.9. The molecule has 3 rings (SSSR count). The van der Waals surface area contributed by atoms with Crippen molar-refractivity contribution in [1.29, 1.82) is 0 Å². The number of nitrogens with one attached hydrogen (secondary N) is 1. The number of carbonyl (C=O) groups is 2. The molecule has 1 N–H and O–H groups in total. The third kappa shape index (κ3) is 3.99. The van der Waals surface area contributed by atoms with Gasteiger partial charge in [-0.15, -0.1) is 0 Å². The first-order valence-corrected chi connectivity index (χ1v) is 8.49. The molecule has 24 heavy (non-hydrogen) atoms. The Morgan fingerprint density at radius 2 is 1.96 bits per heavy atom. The van der Waals surface area contributed by atoms with Crippen LogP contribution in [0.2, 0.25) is 0 Å². The molecule has 6 nitrogen and oxygen atoms in total. The highest BCUT2D eigenvalue weighted by Crippen LogP contribution is 2.34. The number of esters is 1. The normalized spacial score (nSPS) is 18.0. The van der Waals surface area contributed by atoms with E-state index in [1.165, 1.54) is 6.42 Å². The Hall–Kier alpha value is -2.24. The van der Waals surface area contributed by atoms with E-state index in [4.69, 9.17) is 14.2 Å². The van der Waals surface area contributed by atoms with E-state index in [0.29, 0.717) is 11.5 Å². The molecule has 0 aromatic heterocycles. The number of carbonyl (C=O) groups excluding carboxylic acids is 2. The predicted octanol–water partition coefficient (Wildman–Crippen LogP) is 2.72. The summed E-state index contributed by atoms with van der Waals surface area (Å²) in [5.41, 5.74) is 0.909. The molecule has 1 heterocycles. The van der Waals surface area contributed by atoms with Gasteiger partial charge >= 0.3 is 5.97 Å². The van der Waals surface area contributed by atoms with Gasteiger partial charge in [0.1, 0.15) is 0 Å². The van der Waals surface area contributed by atoms with Crippen molar-refractivity contribution in [2.24, 2.45) is 5.92 Å². The minimum atomic E-state index is -0.302. The fraction of sp³-hybridized carbons (Fsp3) is 0.556. The standard InChI is InChI=1S/C18H23NO5/c1-12(14-7-8-15-16(9-14)24-11-23-15)19-17(20)10-22-18(21)13-5-3-2-4-6-13/h7-9,12-13H,2-6,10-11H2,1H3,(H,19,20)/t12-/m1/s1. The van der Waals surface area contributed by atoms with E-state index < -0.39 is 0 Å². The molecule has 1 saturated carbocycles. The molecule has 0 bridgehead atoms. The molecule has 130 valence electrons. The Bertz CT molecular complexity index is 609. The minimum Gasteiger partial charge on any atom is -0.455 e. The van der Waals surface area contributed by atoms with Gasteiger partial charge in [0, 0.05) is 0 Å². The third-order valence-electron chi connectivity index (χ3n) is 4.56. The van der Waals surface area contributed by atoms with Crippen LogP contribution in [-0.4, -0.2) is 25.3 Å². The Morgan fingerprint density at radius 1 is 1.21 bits per heavy atom. The predicted molar refractivity (Wildman–Crippen MR) is 86.7 cm³/mol. The maximum absolute atomic E-state index is 12.0. The van der Waals surface area contributed by atoms with Gasteiger partial charge in [0.25, 0.3) is 5.91 Å². The van der Waals surface area contributed by atoms with Crippen molar-refractivity contribution in [2.45, 2.75) is 45.1 Å². The van der Waals surface area contributed by atoms with Crippen molar-refractivity contribution in [3.05, 3.63) is 23.8 Å². The molecule has 1 atom stereocenters. The van der Waals surface area contributed by atoms with Gasteiger partial charge < -0.3 is 19.5 Å². The zero-order valence-corrected chi connectivity index (χ0v) is 13.9. The van der Waals surface area contributed by atoms with Gasteiger partial charge in [-0.1, -0.05) is 25.3 Å². The minimum absolute atomic E-state index is 0.0437. The molecular weight excluding hydrogens is 310 g/mol. The summed E-state index contributed by atoms with van der Waals surface area (Å²) < 4.78 is 15.8. The summed E-state index contributed by atoms with van der Waals surface area (Å²) in [4.78, 5) is 24.0. The Morgan fingerprint density at radius 3 is 2.75 bits per heavy atom. The molecule has 0 radical (unpaired) electrons. The molecule has 0 spiro atoms. The highest BCUT2D eigenvalue weighted by molar-refractivity contribution is 5.81. The van der Waals surface area contributed by atoms with Gasteiger partial charge in [-0.2, -0.15) is 0 Å². The zero-order chi connectivity index (χ0) is 16.9. The first-order valence-electron chi connectivity index (χ1n) is 8.49. The van der Waals surface area contributed by atoms with Crippen LogP contribution in [-0.2, 0) is 14.3 Å². The first-order chi connectivity index (χ1) is 11.6. The summed E-state index contributed by atoms with van der Waals surface area (Å²) in [6.45, 7) is 1.86. The topological polar surface area (TPSA) is 73.9 Å². The summed E-state index contributed by atoms with van der Waals surface area (Å²) in [5, 5.41) is 2.83. The van der Waals surface area contributed by atoms with Crippen molar-refractivity contribution in [1.82, 2.24) is 5.32 Å². The molecule has 1 aromatic carbocycles. The SMILES string of the molecule is C[C@@H](NC(=O)COC(=O)C1CCCCC1)c1ccc2c(c1)OCO2. The van der Waals surface area contributed by atoms with Crippen LogP contribution < -0.4 is 14.8 Å². The fourth-order valence-corrected chi connectivity index (χ4v) is 3.14. The Kier molecular flexibility index (Phi) is 5.23. The number of benzene rings is 1. The smallest absolute Gasteiger partial charge is 0.309 e. The summed E-state index contributed by atoms with van der Waals surface area (Å²) in [7, 11) is 0. The molecule has 0 saturated heterocycles. The molecule has 1 aliphatic carbocycles. The number of rotatable bonds is 5. The van der Waals surface area contributed by atoms with E-state index in [0.717, 1.165) is 31.2 Å². The number of hydrogen-bond donors (Lipinski definition) is 1. The summed E-state index contributed by atoms with van der Waals surface area (Å²) in [6.07, 6.45) is 5.04. The molecule has 1 fully saturated rings. The van der Waals surface area contributed by atoms with Crippen LogP contribution in [0.1, 0.15) is 50.6 Å². The van der Waals surface area contributed by atoms with Crippen LogP contribution in [0.15, 0.2) is 18.2 Å². The van der Waals surface area contributed by atoms with Crippen LogP contribution in [0.25, 0.3) is 0 Å². The van der Waals surface area contributed by atoms with Crippen LogP contribution >= 0.6 is 0 Å². The van der Waals surface area contributed by atoms with Crippen LogP contribution in [0, 0.1) is 5.92 Å². The summed E-state index contributed by atoms with van der Waals surface area (Å²) in [5.74, 6) is 0.791. The second-order valence-corrected chi connectivity index (χ2v) is 6.34. The van der Waals surface area contributed by atoms with E-state index in [1.54, 1.807) is 0 Å². The van der Waals surface area contributed by atoms with Crippen molar-refractivity contribution in [3.8, 4) is 11.5 Å². The second kappa shape index (κ2) is 7.55. The third-order valence-corrected chi connectivity index (χ3v) is 4.56. The number of hydrogen-bond acceptors (Lipinski definition) is 5. The lowest BCUT2D eigenvalue weighted by Gasteiger charge is -2.20. The molecule has 6 heteroatoms. The number of ether oxygens (including phenoxy) is 3. The average molecular weight is 333 g/mol. The van der Waals surface area contributed by atoms with E-state index in [-0.39, 0.29) is 37.2 Å². The maximum Gasteiger partial charge on any atom is 0.309 e. The van der Waals surface area contributed by atoms with Crippen molar-refractivity contribution < 1.29 is 23.8 Å². The van der Waals surface area contributed by atoms with Gasteiger partial charge in [0.05, 0.1) is 12.0 Å². The van der Waals surface area contributed by atoms with E-state index in [1.807, 2.05) is 25.1 Å². The highest BCUT2D eigenvalue weighted by atomic mass is 16.7. The lowest BCUT2D eigenvalue weighted by atomic mass is 9.89. The molecule has 0 unspecified atom stereocenters. The monoisotopic (exact) mass is 333 g/mol. The largest absolute Gasteiger partial charge is 0.455 e. The van der Waals surface area contributed by atoms with Gasteiger partial charge in [0.15, 0.2) is 18.1 Å². The molecule has 2 aliphatic rings. The van der Waals surface area contributed by atoms with E-state index in [2.05, 4.69) is 5.32 Å². The van der Waals surface area contributed by atoms with Gasteiger partial charge in [-0.05, 0) is 37.5 Å². The van der Waals surface area contributed by atoms with E-state index >= 15 is 0 Å². The van der Waals surface area contributed by atoms with Gasteiger partial charge in [-0.25, -0.2) is 0 Å². The Labute approximate surface area is 141 Å². The number of amides is 1. The van der Waals surface area contributed by atoms with Crippen LogP contribution in [0.4, 0.5) is 0 Å². The first kappa shape index (κ1) is 16.6. The van der Waals surface area contributed by atoms with Crippen molar-refractivity contribution in [2.75, 3.05) is 13.4 Å². The maximum atomic E-state index is 12.0. The fourth-order valence-electron chi connectivity index (χ4n) is 3.14. The highest BCUT2D eigenvalue weighted by Gasteiger charge is 2.23.